The summed E-state index contributed by atoms with van der Waals surface area (Å²) in [5.41, 5.74) is 2.32. The molecule has 5 heteroatoms. The van der Waals surface area contributed by atoms with E-state index in [2.05, 4.69) is 4.90 Å². The van der Waals surface area contributed by atoms with E-state index < -0.39 is 6.10 Å². The molecule has 0 aliphatic carbocycles. The molecule has 3 rings (SSSR count). The highest BCUT2D eigenvalue weighted by atomic mass is 16.5. The Morgan fingerprint density at radius 1 is 0.964 bits per heavy atom. The van der Waals surface area contributed by atoms with Crippen molar-refractivity contribution < 1.29 is 19.0 Å². The topological polar surface area (TPSA) is 55.1 Å². The molecule has 0 bridgehead atoms. The zero-order valence-electron chi connectivity index (χ0n) is 16.4. The predicted molar refractivity (Wildman–Crippen MR) is 108 cm³/mol. The highest BCUT2D eigenvalue weighted by Gasteiger charge is 2.15. The van der Waals surface area contributed by atoms with Gasteiger partial charge in [-0.05, 0) is 48.9 Å². The molecule has 148 valence electrons. The Hall–Kier alpha value is -2.76. The summed E-state index contributed by atoms with van der Waals surface area (Å²) < 4.78 is 16.4. The fourth-order valence-corrected chi connectivity index (χ4v) is 2.97. The van der Waals surface area contributed by atoms with Crippen LogP contribution in [0.25, 0.3) is 0 Å². The van der Waals surface area contributed by atoms with Crippen LogP contribution in [-0.4, -0.2) is 36.4 Å². The Morgan fingerprint density at radius 3 is 2.32 bits per heavy atom. The molecule has 0 saturated carbocycles. The van der Waals surface area contributed by atoms with E-state index in [4.69, 9.17) is 13.9 Å². The first kappa shape index (κ1) is 20.0. The number of furan rings is 1. The summed E-state index contributed by atoms with van der Waals surface area (Å²) in [5.74, 6) is 2.45. The van der Waals surface area contributed by atoms with Crippen molar-refractivity contribution in [3.05, 3.63) is 83.8 Å². The first-order valence-electron chi connectivity index (χ1n) is 9.37. The van der Waals surface area contributed by atoms with Gasteiger partial charge in [0.15, 0.2) is 0 Å². The predicted octanol–water partition coefficient (Wildman–Crippen LogP) is 4.04. The lowest BCUT2D eigenvalue weighted by Gasteiger charge is -2.24. The number of hydrogen-bond donors (Lipinski definition) is 1. The molecule has 5 nitrogen and oxygen atoms in total. The molecule has 2 aromatic carbocycles. The van der Waals surface area contributed by atoms with Crippen molar-refractivity contribution >= 4 is 0 Å². The average Bonchev–Trinajstić information content (AvgIpc) is 3.21. The van der Waals surface area contributed by atoms with Crippen molar-refractivity contribution in [2.75, 3.05) is 20.3 Å². The van der Waals surface area contributed by atoms with Crippen molar-refractivity contribution in [2.24, 2.45) is 0 Å². The Labute approximate surface area is 166 Å². The van der Waals surface area contributed by atoms with Gasteiger partial charge in [0.2, 0.25) is 0 Å². The number of ether oxygens (including phenoxy) is 2. The zero-order chi connectivity index (χ0) is 19.8. The Bertz CT molecular complexity index is 813. The smallest absolute Gasteiger partial charge is 0.119 e. The average molecular weight is 381 g/mol. The minimum absolute atomic E-state index is 0.236. The standard InChI is InChI=1S/C23H27NO4/c1-18-5-9-22(10-6-18)28-17-20(25)15-24(16-23-4-3-13-27-23)14-19-7-11-21(26-2)12-8-19/h3-13,20,25H,14-17H2,1-2H3. The van der Waals surface area contributed by atoms with Gasteiger partial charge in [-0.25, -0.2) is 0 Å². The van der Waals surface area contributed by atoms with E-state index in [1.807, 2.05) is 67.6 Å². The third kappa shape index (κ3) is 6.15. The molecule has 0 amide bonds. The number of aryl methyl sites for hydroxylation is 1. The molecule has 1 aromatic heterocycles. The number of hydrogen-bond acceptors (Lipinski definition) is 5. The SMILES string of the molecule is COc1ccc(CN(Cc2ccco2)CC(O)COc2ccc(C)cc2)cc1. The number of nitrogens with zero attached hydrogens (tertiary/aromatic N) is 1. The van der Waals surface area contributed by atoms with Crippen molar-refractivity contribution in [3.63, 3.8) is 0 Å². The molecule has 0 radical (unpaired) electrons. The quantitative estimate of drug-likeness (QED) is 0.574. The van der Waals surface area contributed by atoms with E-state index in [0.29, 0.717) is 19.6 Å². The van der Waals surface area contributed by atoms with Crippen molar-refractivity contribution in [1.82, 2.24) is 4.90 Å². The van der Waals surface area contributed by atoms with E-state index in [1.165, 1.54) is 5.56 Å². The Morgan fingerprint density at radius 2 is 1.68 bits per heavy atom. The van der Waals surface area contributed by atoms with E-state index in [9.17, 15) is 5.11 Å². The number of methoxy groups -OCH3 is 1. The van der Waals surface area contributed by atoms with E-state index in [0.717, 1.165) is 22.8 Å². The van der Waals surface area contributed by atoms with Gasteiger partial charge >= 0.3 is 0 Å². The molecule has 0 fully saturated rings. The molecule has 1 unspecified atom stereocenters. The lowest BCUT2D eigenvalue weighted by atomic mass is 10.2. The van der Waals surface area contributed by atoms with Crippen molar-refractivity contribution in [1.29, 1.82) is 0 Å². The molecule has 0 saturated heterocycles. The van der Waals surface area contributed by atoms with E-state index in [1.54, 1.807) is 13.4 Å². The van der Waals surface area contributed by atoms with Crippen LogP contribution in [-0.2, 0) is 13.1 Å². The first-order chi connectivity index (χ1) is 13.6. The van der Waals surface area contributed by atoms with E-state index >= 15 is 0 Å². The van der Waals surface area contributed by atoms with Crippen LogP contribution in [0.2, 0.25) is 0 Å². The molecule has 1 heterocycles. The first-order valence-corrected chi connectivity index (χ1v) is 9.37. The Kier molecular flexibility index (Phi) is 7.12. The second kappa shape index (κ2) is 9.97. The number of rotatable bonds is 10. The van der Waals surface area contributed by atoms with Gasteiger partial charge in [0, 0.05) is 13.1 Å². The van der Waals surface area contributed by atoms with Gasteiger partial charge < -0.3 is 19.0 Å². The van der Waals surface area contributed by atoms with E-state index in [-0.39, 0.29) is 6.61 Å². The molecule has 1 N–H and O–H groups in total. The summed E-state index contributed by atoms with van der Waals surface area (Å²) >= 11 is 0. The summed E-state index contributed by atoms with van der Waals surface area (Å²) in [4.78, 5) is 2.14. The molecule has 0 spiro atoms. The second-order valence-corrected chi connectivity index (χ2v) is 6.87. The fourth-order valence-electron chi connectivity index (χ4n) is 2.97. The lowest BCUT2D eigenvalue weighted by Crippen LogP contribution is -2.35. The summed E-state index contributed by atoms with van der Waals surface area (Å²) in [5, 5.41) is 10.5. The zero-order valence-corrected chi connectivity index (χ0v) is 16.4. The highest BCUT2D eigenvalue weighted by Crippen LogP contribution is 2.16. The molecule has 1 atom stereocenters. The molecule has 28 heavy (non-hydrogen) atoms. The molecule has 3 aromatic rings. The van der Waals surface area contributed by atoms with Gasteiger partial charge in [0.05, 0.1) is 19.9 Å². The number of aliphatic hydroxyl groups excluding tert-OH is 1. The van der Waals surface area contributed by atoms with Gasteiger partial charge in [0.25, 0.3) is 0 Å². The normalized spacial score (nSPS) is 12.1. The third-order valence-electron chi connectivity index (χ3n) is 4.46. The van der Waals surface area contributed by atoms with Crippen LogP contribution in [0.5, 0.6) is 11.5 Å². The molecular formula is C23H27NO4. The van der Waals surface area contributed by atoms with Gasteiger partial charge in [-0.15, -0.1) is 0 Å². The van der Waals surface area contributed by atoms with Gasteiger partial charge in [-0.2, -0.15) is 0 Å². The Balaban J connectivity index is 1.59. The van der Waals surface area contributed by atoms with Crippen LogP contribution < -0.4 is 9.47 Å². The van der Waals surface area contributed by atoms with Crippen LogP contribution in [0.15, 0.2) is 71.3 Å². The number of benzene rings is 2. The van der Waals surface area contributed by atoms with Crippen LogP contribution in [0.1, 0.15) is 16.9 Å². The van der Waals surface area contributed by atoms with Gasteiger partial charge in [-0.1, -0.05) is 29.8 Å². The summed E-state index contributed by atoms with van der Waals surface area (Å²) in [7, 11) is 1.66. The minimum atomic E-state index is -0.616. The monoisotopic (exact) mass is 381 g/mol. The van der Waals surface area contributed by atoms with Crippen LogP contribution in [0.3, 0.4) is 0 Å². The van der Waals surface area contributed by atoms with Crippen molar-refractivity contribution in [2.45, 2.75) is 26.1 Å². The summed E-state index contributed by atoms with van der Waals surface area (Å²) in [6.45, 7) is 4.04. The molecule has 0 aliphatic heterocycles. The van der Waals surface area contributed by atoms with Crippen LogP contribution >= 0.6 is 0 Å². The second-order valence-electron chi connectivity index (χ2n) is 6.87. The third-order valence-corrected chi connectivity index (χ3v) is 4.46. The maximum Gasteiger partial charge on any atom is 0.119 e. The largest absolute Gasteiger partial charge is 0.497 e. The maximum atomic E-state index is 10.5. The fraction of sp³-hybridized carbons (Fsp3) is 0.304. The van der Waals surface area contributed by atoms with Gasteiger partial charge in [0.1, 0.15) is 30.0 Å². The summed E-state index contributed by atoms with van der Waals surface area (Å²) in [6.07, 6.45) is 1.05. The summed E-state index contributed by atoms with van der Waals surface area (Å²) in [6, 6.07) is 19.6. The maximum absolute atomic E-state index is 10.5. The highest BCUT2D eigenvalue weighted by molar-refractivity contribution is 5.27. The molecular weight excluding hydrogens is 354 g/mol. The van der Waals surface area contributed by atoms with Crippen LogP contribution in [0, 0.1) is 6.92 Å². The molecule has 0 aliphatic rings. The number of aliphatic hydroxyl groups is 1. The van der Waals surface area contributed by atoms with Crippen LogP contribution in [0.4, 0.5) is 0 Å². The van der Waals surface area contributed by atoms with Crippen molar-refractivity contribution in [3.8, 4) is 11.5 Å². The van der Waals surface area contributed by atoms with Gasteiger partial charge in [-0.3, -0.25) is 4.90 Å². The minimum Gasteiger partial charge on any atom is -0.497 e. The lowest BCUT2D eigenvalue weighted by molar-refractivity contribution is 0.0604.